The number of amides is 2. The number of hydrogen-bond acceptors (Lipinski definition) is 4. The maximum Gasteiger partial charge on any atom is 0.414 e. The van der Waals surface area contributed by atoms with Crippen molar-refractivity contribution in [3.63, 3.8) is 0 Å². The molecule has 1 heterocycles. The second-order valence-corrected chi connectivity index (χ2v) is 8.16. The van der Waals surface area contributed by atoms with Crippen LogP contribution in [0.1, 0.15) is 34.6 Å². The van der Waals surface area contributed by atoms with Gasteiger partial charge >= 0.3 is 6.09 Å². The summed E-state index contributed by atoms with van der Waals surface area (Å²) in [5, 5.41) is 5.91. The highest BCUT2D eigenvalue weighted by molar-refractivity contribution is 6.42. The van der Waals surface area contributed by atoms with Crippen LogP contribution in [-0.4, -0.2) is 42.1 Å². The highest BCUT2D eigenvalue weighted by Gasteiger charge is 2.28. The summed E-state index contributed by atoms with van der Waals surface area (Å²) in [6.45, 7) is 8.96. The molecular formula is C18H23Cl2N5O3. The third-order valence-corrected chi connectivity index (χ3v) is 3.97. The van der Waals surface area contributed by atoms with Crippen LogP contribution in [0, 0.1) is 0 Å². The third-order valence-electron chi connectivity index (χ3n) is 3.23. The van der Waals surface area contributed by atoms with Crippen molar-refractivity contribution in [1.82, 2.24) is 10.6 Å². The first-order chi connectivity index (χ1) is 12.9. The zero-order chi connectivity index (χ0) is 21.1. The molecule has 0 unspecified atom stereocenters. The first-order valence-electron chi connectivity index (χ1n) is 8.63. The quantitative estimate of drug-likeness (QED) is 0.556. The van der Waals surface area contributed by atoms with Gasteiger partial charge in [-0.05, 0) is 52.8 Å². The predicted octanol–water partition coefficient (Wildman–Crippen LogP) is 3.57. The molecule has 1 aliphatic heterocycles. The maximum absolute atomic E-state index is 12.1. The van der Waals surface area contributed by atoms with Crippen LogP contribution in [0.2, 0.25) is 10.0 Å². The maximum atomic E-state index is 12.1. The first kappa shape index (κ1) is 22.0. The van der Waals surface area contributed by atoms with Crippen LogP contribution in [-0.2, 0) is 9.53 Å². The number of aliphatic imine (C=N–C) groups is 2. The van der Waals surface area contributed by atoms with Crippen molar-refractivity contribution < 1.29 is 14.3 Å². The molecule has 1 fully saturated rings. The molecule has 0 radical (unpaired) electrons. The fourth-order valence-electron chi connectivity index (χ4n) is 2.23. The zero-order valence-corrected chi connectivity index (χ0v) is 17.9. The lowest BCUT2D eigenvalue weighted by Crippen LogP contribution is -2.39. The molecule has 152 valence electrons. The van der Waals surface area contributed by atoms with Gasteiger partial charge < -0.3 is 9.64 Å². The Labute approximate surface area is 173 Å². The van der Waals surface area contributed by atoms with Crippen LogP contribution < -0.4 is 15.5 Å². The minimum atomic E-state index is -0.693. The molecule has 0 aromatic heterocycles. The lowest BCUT2D eigenvalue weighted by molar-refractivity contribution is -0.117. The standard InChI is InChI=1S/C18H23Cl2N5O3/c1-10(2)21-15(24-17(27)28-18(3,4)5)23-16-22-14(26)9-25(16)11-6-7-12(19)13(20)8-11/h6-8,10H,9H2,1-5H3,(H2,21,22,23,24,26,27). The van der Waals surface area contributed by atoms with E-state index in [1.54, 1.807) is 43.9 Å². The molecule has 1 aromatic carbocycles. The summed E-state index contributed by atoms with van der Waals surface area (Å²) in [4.78, 5) is 34.3. The van der Waals surface area contributed by atoms with Crippen LogP contribution in [0.4, 0.5) is 10.5 Å². The van der Waals surface area contributed by atoms with Crippen LogP contribution in [0.5, 0.6) is 0 Å². The van der Waals surface area contributed by atoms with E-state index in [0.717, 1.165) is 0 Å². The van der Waals surface area contributed by atoms with Gasteiger partial charge in [0, 0.05) is 11.7 Å². The van der Waals surface area contributed by atoms with Crippen molar-refractivity contribution in [3.8, 4) is 0 Å². The molecule has 0 bridgehead atoms. The number of ether oxygens (including phenoxy) is 1. The molecule has 0 aliphatic carbocycles. The van der Waals surface area contributed by atoms with Gasteiger partial charge in [-0.2, -0.15) is 4.99 Å². The van der Waals surface area contributed by atoms with Crippen LogP contribution in [0.3, 0.4) is 0 Å². The van der Waals surface area contributed by atoms with Gasteiger partial charge in [0.25, 0.3) is 0 Å². The number of benzene rings is 1. The molecule has 0 spiro atoms. The Balaban J connectivity index is 2.33. The Hall–Kier alpha value is -2.32. The fourth-order valence-corrected chi connectivity index (χ4v) is 2.53. The summed E-state index contributed by atoms with van der Waals surface area (Å²) >= 11 is 12.0. The molecule has 1 aliphatic rings. The van der Waals surface area contributed by atoms with E-state index in [1.807, 2.05) is 13.8 Å². The number of alkyl carbamates (subject to hydrolysis) is 1. The molecular weight excluding hydrogens is 405 g/mol. The van der Waals surface area contributed by atoms with Gasteiger partial charge in [0.15, 0.2) is 0 Å². The van der Waals surface area contributed by atoms with Crippen molar-refractivity contribution in [2.45, 2.75) is 46.3 Å². The van der Waals surface area contributed by atoms with Crippen molar-refractivity contribution >= 4 is 52.8 Å². The molecule has 1 saturated heterocycles. The predicted molar refractivity (Wildman–Crippen MR) is 111 cm³/mol. The fraction of sp³-hybridized carbons (Fsp3) is 0.444. The summed E-state index contributed by atoms with van der Waals surface area (Å²) in [5.41, 5.74) is -0.0546. The third kappa shape index (κ3) is 6.38. The Bertz CT molecular complexity index is 831. The van der Waals surface area contributed by atoms with E-state index in [-0.39, 0.29) is 30.4 Å². The number of nitrogens with zero attached hydrogens (tertiary/aromatic N) is 3. The van der Waals surface area contributed by atoms with Crippen LogP contribution >= 0.6 is 23.2 Å². The number of rotatable bonds is 2. The van der Waals surface area contributed by atoms with Crippen molar-refractivity contribution in [2.75, 3.05) is 11.4 Å². The average molecular weight is 428 g/mol. The van der Waals surface area contributed by atoms with Crippen molar-refractivity contribution in [2.24, 2.45) is 9.98 Å². The number of nitrogens with one attached hydrogen (secondary N) is 2. The largest absolute Gasteiger partial charge is 0.444 e. The van der Waals surface area contributed by atoms with E-state index in [2.05, 4.69) is 20.6 Å². The Morgan fingerprint density at radius 3 is 2.54 bits per heavy atom. The molecule has 2 N–H and O–H groups in total. The highest BCUT2D eigenvalue weighted by Crippen LogP contribution is 2.28. The van der Waals surface area contributed by atoms with Gasteiger partial charge in [-0.1, -0.05) is 23.2 Å². The van der Waals surface area contributed by atoms with E-state index in [0.29, 0.717) is 15.7 Å². The summed E-state index contributed by atoms with van der Waals surface area (Å²) < 4.78 is 5.24. The Morgan fingerprint density at radius 2 is 1.96 bits per heavy atom. The summed E-state index contributed by atoms with van der Waals surface area (Å²) in [5.74, 6) is -0.0312. The number of carbonyl (C=O) groups is 2. The molecule has 1 aromatic rings. The van der Waals surface area contributed by atoms with E-state index >= 15 is 0 Å². The average Bonchev–Trinajstić information content (AvgIpc) is 2.87. The molecule has 0 atom stereocenters. The molecule has 0 saturated carbocycles. The van der Waals surface area contributed by atoms with E-state index in [9.17, 15) is 9.59 Å². The highest BCUT2D eigenvalue weighted by atomic mass is 35.5. The van der Waals surface area contributed by atoms with Gasteiger partial charge in [0.2, 0.25) is 17.8 Å². The lowest BCUT2D eigenvalue weighted by Gasteiger charge is -2.20. The lowest BCUT2D eigenvalue weighted by atomic mass is 10.2. The molecule has 2 rings (SSSR count). The van der Waals surface area contributed by atoms with Crippen LogP contribution in [0.15, 0.2) is 28.2 Å². The van der Waals surface area contributed by atoms with Gasteiger partial charge in [0.1, 0.15) is 12.1 Å². The topological polar surface area (TPSA) is 95.4 Å². The number of halogens is 2. The summed E-state index contributed by atoms with van der Waals surface area (Å²) in [6, 6.07) is 4.82. The smallest absolute Gasteiger partial charge is 0.414 e. The molecule has 10 heteroatoms. The minimum Gasteiger partial charge on any atom is -0.444 e. The normalized spacial score (nSPS) is 16.6. The Kier molecular flexibility index (Phi) is 6.90. The zero-order valence-electron chi connectivity index (χ0n) is 16.3. The van der Waals surface area contributed by atoms with Gasteiger partial charge in [-0.15, -0.1) is 0 Å². The number of hydrogen-bond donors (Lipinski definition) is 2. The minimum absolute atomic E-state index is 0.0199. The van der Waals surface area contributed by atoms with Gasteiger partial charge in [0.05, 0.1) is 10.0 Å². The molecule has 2 amide bonds. The molecule has 8 nitrogen and oxygen atoms in total. The van der Waals surface area contributed by atoms with Crippen molar-refractivity contribution in [3.05, 3.63) is 28.2 Å². The number of guanidine groups is 2. The van der Waals surface area contributed by atoms with E-state index in [1.165, 1.54) is 0 Å². The van der Waals surface area contributed by atoms with Gasteiger partial charge in [-0.25, -0.2) is 9.79 Å². The molecule has 28 heavy (non-hydrogen) atoms. The number of anilines is 1. The summed E-state index contributed by atoms with van der Waals surface area (Å²) in [7, 11) is 0. The van der Waals surface area contributed by atoms with Gasteiger partial charge in [-0.3, -0.25) is 15.4 Å². The second kappa shape index (κ2) is 8.79. The number of carbonyl (C=O) groups excluding carboxylic acids is 2. The Morgan fingerprint density at radius 1 is 1.29 bits per heavy atom. The SMILES string of the molecule is CC(C)N=C(/N=C1\NC(=O)CN1c1ccc(Cl)c(Cl)c1)NC(=O)OC(C)(C)C. The van der Waals surface area contributed by atoms with E-state index < -0.39 is 11.7 Å². The first-order valence-corrected chi connectivity index (χ1v) is 9.39. The van der Waals surface area contributed by atoms with Crippen molar-refractivity contribution in [1.29, 1.82) is 0 Å². The monoisotopic (exact) mass is 427 g/mol. The summed E-state index contributed by atoms with van der Waals surface area (Å²) in [6.07, 6.45) is -0.693. The van der Waals surface area contributed by atoms with E-state index in [4.69, 9.17) is 27.9 Å². The van der Waals surface area contributed by atoms with Crippen LogP contribution in [0.25, 0.3) is 0 Å². The second-order valence-electron chi connectivity index (χ2n) is 7.34.